The third kappa shape index (κ3) is 4.74. The van der Waals surface area contributed by atoms with Crippen LogP contribution >= 0.6 is 11.6 Å². The number of methoxy groups -OCH3 is 1. The molecule has 0 aromatic heterocycles. The highest BCUT2D eigenvalue weighted by Crippen LogP contribution is 2.32. The van der Waals surface area contributed by atoms with Gasteiger partial charge in [0.15, 0.2) is 0 Å². The van der Waals surface area contributed by atoms with Crippen molar-refractivity contribution in [3.8, 4) is 5.75 Å². The van der Waals surface area contributed by atoms with Crippen molar-refractivity contribution in [3.63, 3.8) is 0 Å². The molecule has 0 saturated heterocycles. The Kier molecular flexibility index (Phi) is 5.28. The first-order chi connectivity index (χ1) is 8.33. The molecule has 0 aliphatic heterocycles. The van der Waals surface area contributed by atoms with Gasteiger partial charge >= 0.3 is 6.18 Å². The fourth-order valence-corrected chi connectivity index (χ4v) is 1.77. The summed E-state index contributed by atoms with van der Waals surface area (Å²) in [5, 5.41) is 10.3. The molecule has 18 heavy (non-hydrogen) atoms. The summed E-state index contributed by atoms with van der Waals surface area (Å²) in [4.78, 5) is 0. The third-order valence-electron chi connectivity index (χ3n) is 2.49. The summed E-state index contributed by atoms with van der Waals surface area (Å²) in [6.07, 6.45) is -6.18. The van der Waals surface area contributed by atoms with Crippen molar-refractivity contribution in [3.05, 3.63) is 28.8 Å². The fraction of sp³-hybridized carbons (Fsp3) is 0.500. The molecule has 0 radical (unpaired) electrons. The summed E-state index contributed by atoms with van der Waals surface area (Å²) in [7, 11) is 1.41. The summed E-state index contributed by atoms with van der Waals surface area (Å²) >= 11 is 5.75. The van der Waals surface area contributed by atoms with E-state index < -0.39 is 18.7 Å². The Balaban J connectivity index is 2.64. The second-order valence-electron chi connectivity index (χ2n) is 3.91. The van der Waals surface area contributed by atoms with Crippen molar-refractivity contribution in [1.82, 2.24) is 0 Å². The summed E-state index contributed by atoms with van der Waals surface area (Å²) in [6.45, 7) is 0. The van der Waals surface area contributed by atoms with Crippen LogP contribution in [0.1, 0.15) is 30.9 Å². The Bertz CT molecular complexity index is 393. The second-order valence-corrected chi connectivity index (χ2v) is 4.35. The maximum atomic E-state index is 12.0. The lowest BCUT2D eigenvalue weighted by molar-refractivity contribution is -0.136. The molecule has 1 aromatic carbocycles. The molecule has 0 amide bonds. The van der Waals surface area contributed by atoms with Crippen molar-refractivity contribution in [1.29, 1.82) is 0 Å². The number of aliphatic hydroxyl groups excluding tert-OH is 1. The van der Waals surface area contributed by atoms with Crippen LogP contribution in [0.25, 0.3) is 0 Å². The normalized spacial score (nSPS) is 13.4. The molecule has 1 unspecified atom stereocenters. The van der Waals surface area contributed by atoms with Gasteiger partial charge in [-0.25, -0.2) is 0 Å². The maximum Gasteiger partial charge on any atom is 0.389 e. The van der Waals surface area contributed by atoms with Gasteiger partial charge in [-0.2, -0.15) is 13.2 Å². The van der Waals surface area contributed by atoms with Gasteiger partial charge in [-0.15, -0.1) is 0 Å². The molecule has 0 fully saturated rings. The summed E-state index contributed by atoms with van der Waals surface area (Å²) < 4.78 is 41.0. The summed E-state index contributed by atoms with van der Waals surface area (Å²) in [6, 6.07) is 4.63. The minimum Gasteiger partial charge on any atom is -0.496 e. The van der Waals surface area contributed by atoms with Gasteiger partial charge in [-0.1, -0.05) is 17.7 Å². The van der Waals surface area contributed by atoms with E-state index in [1.165, 1.54) is 13.2 Å². The Labute approximate surface area is 108 Å². The molecular weight excluding hydrogens is 269 g/mol. The maximum absolute atomic E-state index is 12.0. The molecule has 1 N–H and O–H groups in total. The van der Waals surface area contributed by atoms with Crippen LogP contribution in [0.3, 0.4) is 0 Å². The molecular formula is C12H14ClF3O2. The monoisotopic (exact) mass is 282 g/mol. The molecule has 1 atom stereocenters. The smallest absolute Gasteiger partial charge is 0.389 e. The van der Waals surface area contributed by atoms with E-state index in [1.54, 1.807) is 12.1 Å². The van der Waals surface area contributed by atoms with Gasteiger partial charge in [0, 0.05) is 17.0 Å². The van der Waals surface area contributed by atoms with E-state index in [1.807, 2.05) is 0 Å². The third-order valence-corrected chi connectivity index (χ3v) is 2.73. The number of halogens is 4. The van der Waals surface area contributed by atoms with Gasteiger partial charge in [0.05, 0.1) is 13.2 Å². The van der Waals surface area contributed by atoms with Crippen molar-refractivity contribution in [2.45, 2.75) is 31.5 Å². The molecule has 102 valence electrons. The Hall–Kier alpha value is -0.940. The molecule has 0 aliphatic rings. The zero-order valence-electron chi connectivity index (χ0n) is 9.80. The highest BCUT2D eigenvalue weighted by molar-refractivity contribution is 6.30. The first-order valence-corrected chi connectivity index (χ1v) is 5.79. The average molecular weight is 283 g/mol. The molecule has 0 aliphatic carbocycles. The molecule has 0 spiro atoms. The Morgan fingerprint density at radius 1 is 1.39 bits per heavy atom. The molecule has 2 nitrogen and oxygen atoms in total. The molecule has 0 saturated carbocycles. The first kappa shape index (κ1) is 15.1. The topological polar surface area (TPSA) is 29.5 Å². The van der Waals surface area contributed by atoms with Crippen LogP contribution in [0, 0.1) is 0 Å². The van der Waals surface area contributed by atoms with Gasteiger partial charge in [-0.05, 0) is 25.0 Å². The number of benzene rings is 1. The number of hydrogen-bond acceptors (Lipinski definition) is 2. The van der Waals surface area contributed by atoms with E-state index in [0.717, 1.165) is 0 Å². The van der Waals surface area contributed by atoms with Crippen molar-refractivity contribution >= 4 is 11.6 Å². The summed E-state index contributed by atoms with van der Waals surface area (Å²) in [5.74, 6) is 0.377. The van der Waals surface area contributed by atoms with Crippen LogP contribution in [0.2, 0.25) is 5.02 Å². The zero-order chi connectivity index (χ0) is 13.8. The van der Waals surface area contributed by atoms with Crippen molar-refractivity contribution < 1.29 is 23.0 Å². The van der Waals surface area contributed by atoms with E-state index in [2.05, 4.69) is 0 Å². The fourth-order valence-electron chi connectivity index (χ4n) is 1.61. The lowest BCUT2D eigenvalue weighted by Crippen LogP contribution is -2.08. The largest absolute Gasteiger partial charge is 0.496 e. The zero-order valence-corrected chi connectivity index (χ0v) is 10.6. The Morgan fingerprint density at radius 3 is 2.61 bits per heavy atom. The number of aliphatic hydroxyl groups is 1. The predicted molar refractivity (Wildman–Crippen MR) is 62.9 cm³/mol. The lowest BCUT2D eigenvalue weighted by Gasteiger charge is -2.15. The van der Waals surface area contributed by atoms with Crippen LogP contribution in [-0.4, -0.2) is 18.4 Å². The van der Waals surface area contributed by atoms with E-state index in [-0.39, 0.29) is 12.8 Å². The number of hydrogen-bond donors (Lipinski definition) is 1. The van der Waals surface area contributed by atoms with Crippen LogP contribution in [0.15, 0.2) is 18.2 Å². The number of ether oxygens (including phenoxy) is 1. The lowest BCUT2D eigenvalue weighted by atomic mass is 10.0. The van der Waals surface area contributed by atoms with Gasteiger partial charge < -0.3 is 9.84 Å². The van der Waals surface area contributed by atoms with E-state index in [0.29, 0.717) is 16.3 Å². The highest BCUT2D eigenvalue weighted by Gasteiger charge is 2.27. The van der Waals surface area contributed by atoms with Crippen LogP contribution in [0.5, 0.6) is 5.75 Å². The first-order valence-electron chi connectivity index (χ1n) is 5.42. The van der Waals surface area contributed by atoms with Gasteiger partial charge in [0.2, 0.25) is 0 Å². The van der Waals surface area contributed by atoms with Gasteiger partial charge in [0.1, 0.15) is 5.75 Å². The van der Waals surface area contributed by atoms with Crippen LogP contribution in [-0.2, 0) is 0 Å². The molecule has 0 bridgehead atoms. The van der Waals surface area contributed by atoms with E-state index >= 15 is 0 Å². The van der Waals surface area contributed by atoms with Crippen molar-refractivity contribution in [2.75, 3.05) is 7.11 Å². The molecule has 1 rings (SSSR count). The van der Waals surface area contributed by atoms with E-state index in [9.17, 15) is 18.3 Å². The SMILES string of the molecule is COc1cc(Cl)ccc1C(O)CCCC(F)(F)F. The molecule has 1 aromatic rings. The standard InChI is InChI=1S/C12H14ClF3O2/c1-18-11-7-8(13)4-5-9(11)10(17)3-2-6-12(14,15)16/h4-5,7,10,17H,2-3,6H2,1H3. The number of alkyl halides is 3. The molecule has 0 heterocycles. The van der Waals surface area contributed by atoms with Crippen LogP contribution in [0.4, 0.5) is 13.2 Å². The minimum absolute atomic E-state index is 0.0253. The Morgan fingerprint density at radius 2 is 2.06 bits per heavy atom. The molecule has 6 heteroatoms. The van der Waals surface area contributed by atoms with Gasteiger partial charge in [0.25, 0.3) is 0 Å². The highest BCUT2D eigenvalue weighted by atomic mass is 35.5. The van der Waals surface area contributed by atoms with Gasteiger partial charge in [-0.3, -0.25) is 0 Å². The summed E-state index contributed by atoms with van der Waals surface area (Å²) in [5.41, 5.74) is 0.448. The second kappa shape index (κ2) is 6.29. The van der Waals surface area contributed by atoms with E-state index in [4.69, 9.17) is 16.3 Å². The average Bonchev–Trinajstić information content (AvgIpc) is 2.26. The van der Waals surface area contributed by atoms with Crippen molar-refractivity contribution in [2.24, 2.45) is 0 Å². The quantitative estimate of drug-likeness (QED) is 0.880. The number of rotatable bonds is 5. The van der Waals surface area contributed by atoms with Crippen LogP contribution < -0.4 is 4.74 Å². The predicted octanol–water partition coefficient (Wildman–Crippen LogP) is 4.11. The minimum atomic E-state index is -4.19.